The number of hydrogen-bond acceptors (Lipinski definition) is 3. The molecule has 0 N–H and O–H groups in total. The number of hydrogen-bond donors (Lipinski definition) is 0. The van der Waals surface area contributed by atoms with E-state index in [2.05, 4.69) is 4.90 Å². The lowest BCUT2D eigenvalue weighted by molar-refractivity contribution is -0.122. The lowest BCUT2D eigenvalue weighted by Gasteiger charge is -2.30. The second-order valence-corrected chi connectivity index (χ2v) is 5.01. The number of carbonyl (C=O) groups excluding carboxylic acids is 1. The lowest BCUT2D eigenvalue weighted by atomic mass is 9.93. The largest absolute Gasteiger partial charge is 0.489 e. The number of ketones is 1. The molecule has 0 saturated carbocycles. The van der Waals surface area contributed by atoms with Crippen molar-refractivity contribution in [1.82, 2.24) is 4.90 Å². The van der Waals surface area contributed by atoms with Crippen LogP contribution in [0.3, 0.4) is 0 Å². The molecule has 104 valence electrons. The number of carbonyl (C=O) groups is 1. The Kier molecular flexibility index (Phi) is 4.91. The zero-order valence-electron chi connectivity index (χ0n) is 11.3. The van der Waals surface area contributed by atoms with Crippen LogP contribution in [0.25, 0.3) is 0 Å². The zero-order chi connectivity index (χ0) is 13.7. The van der Waals surface area contributed by atoms with E-state index in [1.807, 2.05) is 0 Å². The van der Waals surface area contributed by atoms with Crippen molar-refractivity contribution in [3.8, 4) is 5.75 Å². The number of likely N-dealkylation sites (tertiary alicyclic amines) is 1. The van der Waals surface area contributed by atoms with E-state index in [1.165, 1.54) is 6.07 Å². The van der Waals surface area contributed by atoms with Gasteiger partial charge in [0.15, 0.2) is 11.6 Å². The Hall–Kier alpha value is -1.42. The topological polar surface area (TPSA) is 29.5 Å². The van der Waals surface area contributed by atoms with E-state index in [4.69, 9.17) is 4.74 Å². The third kappa shape index (κ3) is 4.03. The summed E-state index contributed by atoms with van der Waals surface area (Å²) in [7, 11) is 0. The van der Waals surface area contributed by atoms with E-state index in [0.717, 1.165) is 32.5 Å². The summed E-state index contributed by atoms with van der Waals surface area (Å²) in [5, 5.41) is 0. The molecule has 0 amide bonds. The Morgan fingerprint density at radius 1 is 1.37 bits per heavy atom. The molecule has 0 radical (unpaired) electrons. The van der Waals surface area contributed by atoms with Crippen molar-refractivity contribution >= 4 is 5.78 Å². The normalized spacial score (nSPS) is 17.4. The van der Waals surface area contributed by atoms with Crippen molar-refractivity contribution < 1.29 is 13.9 Å². The highest BCUT2D eigenvalue weighted by Gasteiger charge is 2.21. The van der Waals surface area contributed by atoms with Crippen molar-refractivity contribution in [2.75, 3.05) is 26.2 Å². The third-order valence-electron chi connectivity index (χ3n) is 3.66. The van der Waals surface area contributed by atoms with Crippen molar-refractivity contribution in [2.24, 2.45) is 5.92 Å². The van der Waals surface area contributed by atoms with Crippen LogP contribution in [0.5, 0.6) is 5.75 Å². The summed E-state index contributed by atoms with van der Waals surface area (Å²) in [6.07, 6.45) is 1.85. The fraction of sp³-hybridized carbons (Fsp3) is 0.533. The molecular weight excluding hydrogens is 245 g/mol. The molecule has 1 aliphatic heterocycles. The SMILES string of the molecule is CC(=O)C1CCN(CCOc2ccccc2F)CC1. The summed E-state index contributed by atoms with van der Waals surface area (Å²) >= 11 is 0. The Bertz CT molecular complexity index is 428. The van der Waals surface area contributed by atoms with Gasteiger partial charge in [-0.3, -0.25) is 9.69 Å². The fourth-order valence-electron chi connectivity index (χ4n) is 2.41. The Morgan fingerprint density at radius 2 is 2.05 bits per heavy atom. The van der Waals surface area contributed by atoms with Gasteiger partial charge in [0.1, 0.15) is 12.4 Å². The smallest absolute Gasteiger partial charge is 0.165 e. The molecule has 1 heterocycles. The zero-order valence-corrected chi connectivity index (χ0v) is 11.3. The van der Waals surface area contributed by atoms with Gasteiger partial charge in [0.2, 0.25) is 0 Å². The van der Waals surface area contributed by atoms with Gasteiger partial charge in [0, 0.05) is 12.5 Å². The van der Waals surface area contributed by atoms with E-state index in [-0.39, 0.29) is 11.7 Å². The van der Waals surface area contributed by atoms with Gasteiger partial charge >= 0.3 is 0 Å². The molecule has 1 saturated heterocycles. The number of piperidine rings is 1. The summed E-state index contributed by atoms with van der Waals surface area (Å²) in [5.74, 6) is 0.505. The Morgan fingerprint density at radius 3 is 2.68 bits per heavy atom. The second kappa shape index (κ2) is 6.66. The number of nitrogens with zero attached hydrogens (tertiary/aromatic N) is 1. The van der Waals surface area contributed by atoms with Crippen LogP contribution < -0.4 is 4.74 Å². The molecule has 1 aromatic carbocycles. The number of benzene rings is 1. The maximum atomic E-state index is 13.3. The van der Waals surface area contributed by atoms with E-state index < -0.39 is 0 Å². The molecule has 1 aromatic rings. The second-order valence-electron chi connectivity index (χ2n) is 5.01. The molecule has 0 unspecified atom stereocenters. The molecule has 0 atom stereocenters. The average molecular weight is 265 g/mol. The van der Waals surface area contributed by atoms with Crippen molar-refractivity contribution in [3.05, 3.63) is 30.1 Å². The van der Waals surface area contributed by atoms with Crippen LogP contribution in [0.2, 0.25) is 0 Å². The van der Waals surface area contributed by atoms with Gasteiger partial charge in [-0.25, -0.2) is 4.39 Å². The van der Waals surface area contributed by atoms with Crippen molar-refractivity contribution in [3.63, 3.8) is 0 Å². The summed E-state index contributed by atoms with van der Waals surface area (Å²) < 4.78 is 18.7. The van der Waals surface area contributed by atoms with Crippen LogP contribution in [0.4, 0.5) is 4.39 Å². The molecule has 19 heavy (non-hydrogen) atoms. The maximum Gasteiger partial charge on any atom is 0.165 e. The highest BCUT2D eigenvalue weighted by molar-refractivity contribution is 5.78. The van der Waals surface area contributed by atoms with Crippen LogP contribution in [0.15, 0.2) is 24.3 Å². The monoisotopic (exact) mass is 265 g/mol. The average Bonchev–Trinajstić information content (AvgIpc) is 2.41. The van der Waals surface area contributed by atoms with Gasteiger partial charge in [-0.1, -0.05) is 12.1 Å². The molecule has 3 nitrogen and oxygen atoms in total. The predicted molar refractivity (Wildman–Crippen MR) is 71.7 cm³/mol. The minimum absolute atomic E-state index is 0.226. The van der Waals surface area contributed by atoms with Gasteiger partial charge in [-0.15, -0.1) is 0 Å². The van der Waals surface area contributed by atoms with Gasteiger partial charge in [0.25, 0.3) is 0 Å². The summed E-state index contributed by atoms with van der Waals surface area (Å²) in [5.41, 5.74) is 0. The van der Waals surface area contributed by atoms with Gasteiger partial charge < -0.3 is 4.74 Å². The first kappa shape index (κ1) is 14.0. The van der Waals surface area contributed by atoms with Crippen LogP contribution >= 0.6 is 0 Å². The van der Waals surface area contributed by atoms with Gasteiger partial charge in [-0.2, -0.15) is 0 Å². The van der Waals surface area contributed by atoms with Crippen LogP contribution in [0.1, 0.15) is 19.8 Å². The van der Waals surface area contributed by atoms with Crippen LogP contribution in [-0.2, 0) is 4.79 Å². The van der Waals surface area contributed by atoms with E-state index in [0.29, 0.717) is 18.1 Å². The van der Waals surface area contributed by atoms with Crippen LogP contribution in [0, 0.1) is 11.7 Å². The van der Waals surface area contributed by atoms with Gasteiger partial charge in [-0.05, 0) is 45.0 Å². The highest BCUT2D eigenvalue weighted by atomic mass is 19.1. The number of para-hydroxylation sites is 1. The molecule has 0 aromatic heterocycles. The summed E-state index contributed by atoms with van der Waals surface area (Å²) in [6, 6.07) is 6.44. The molecule has 0 aliphatic carbocycles. The first-order valence-electron chi connectivity index (χ1n) is 6.77. The molecule has 2 rings (SSSR count). The molecule has 0 spiro atoms. The van der Waals surface area contributed by atoms with E-state index >= 15 is 0 Å². The molecular formula is C15H20FNO2. The lowest BCUT2D eigenvalue weighted by Crippen LogP contribution is -2.38. The first-order valence-corrected chi connectivity index (χ1v) is 6.77. The minimum Gasteiger partial charge on any atom is -0.489 e. The van der Waals surface area contributed by atoms with Crippen molar-refractivity contribution in [1.29, 1.82) is 0 Å². The third-order valence-corrected chi connectivity index (χ3v) is 3.66. The first-order chi connectivity index (χ1) is 9.16. The Balaban J connectivity index is 1.70. The predicted octanol–water partition coefficient (Wildman–Crippen LogP) is 2.51. The molecule has 1 fully saturated rings. The number of rotatable bonds is 5. The molecule has 0 bridgehead atoms. The summed E-state index contributed by atoms with van der Waals surface area (Å²) in [4.78, 5) is 13.5. The van der Waals surface area contributed by atoms with Crippen molar-refractivity contribution in [2.45, 2.75) is 19.8 Å². The minimum atomic E-state index is -0.321. The number of ether oxygens (including phenoxy) is 1. The van der Waals surface area contributed by atoms with E-state index in [1.54, 1.807) is 25.1 Å². The molecule has 1 aliphatic rings. The van der Waals surface area contributed by atoms with Crippen LogP contribution in [-0.4, -0.2) is 36.9 Å². The number of Topliss-reactive ketones (excluding diaryl/α,β-unsaturated/α-hetero) is 1. The molecule has 4 heteroatoms. The highest BCUT2D eigenvalue weighted by Crippen LogP contribution is 2.18. The number of halogens is 1. The fourth-order valence-corrected chi connectivity index (χ4v) is 2.41. The quantitative estimate of drug-likeness (QED) is 0.819. The standard InChI is InChI=1S/C15H20FNO2/c1-12(18)13-6-8-17(9-7-13)10-11-19-15-5-3-2-4-14(15)16/h2-5,13H,6-11H2,1H3. The van der Waals surface area contributed by atoms with Gasteiger partial charge in [0.05, 0.1) is 0 Å². The maximum absolute atomic E-state index is 13.3. The summed E-state index contributed by atoms with van der Waals surface area (Å²) in [6.45, 7) is 4.77. The Labute approximate surface area is 113 Å². The van der Waals surface area contributed by atoms with E-state index in [9.17, 15) is 9.18 Å².